The molecule has 0 amide bonds. The van der Waals surface area contributed by atoms with Crippen molar-refractivity contribution in [3.05, 3.63) is 83.2 Å². The smallest absolute Gasteiger partial charge is 0.305 e. The van der Waals surface area contributed by atoms with Gasteiger partial charge in [-0.05, 0) is 67.9 Å². The van der Waals surface area contributed by atoms with Crippen LogP contribution in [0.25, 0.3) is 10.9 Å². The fraction of sp³-hybridized carbons (Fsp3) is 0.345. The molecule has 0 fully saturated rings. The first kappa shape index (κ1) is 24.8. The fourth-order valence-corrected chi connectivity index (χ4v) is 4.93. The molecule has 8 nitrogen and oxygen atoms in total. The van der Waals surface area contributed by atoms with E-state index in [9.17, 15) is 9.90 Å². The zero-order chi connectivity index (χ0) is 25.8. The van der Waals surface area contributed by atoms with Crippen LogP contribution in [0.5, 0.6) is 5.75 Å². The minimum Gasteiger partial charge on any atom is -0.493 e. The highest BCUT2D eigenvalue weighted by molar-refractivity contribution is 5.81. The summed E-state index contributed by atoms with van der Waals surface area (Å²) in [6.07, 6.45) is 4.67. The normalized spacial score (nSPS) is 13.8. The largest absolute Gasteiger partial charge is 0.493 e. The number of pyridine rings is 1. The van der Waals surface area contributed by atoms with E-state index in [-0.39, 0.29) is 6.42 Å². The van der Waals surface area contributed by atoms with Crippen LogP contribution in [-0.4, -0.2) is 58.0 Å². The van der Waals surface area contributed by atoms with E-state index in [0.29, 0.717) is 6.61 Å². The number of fused-ring (bicyclic) bond motifs is 2. The van der Waals surface area contributed by atoms with Crippen LogP contribution in [0.2, 0.25) is 0 Å². The highest BCUT2D eigenvalue weighted by Crippen LogP contribution is 2.29. The molecule has 8 heteroatoms. The van der Waals surface area contributed by atoms with Crippen molar-refractivity contribution >= 4 is 22.7 Å². The number of ether oxygens (including phenoxy) is 1. The van der Waals surface area contributed by atoms with Crippen molar-refractivity contribution in [3.63, 3.8) is 0 Å². The van der Waals surface area contributed by atoms with E-state index >= 15 is 0 Å². The fourth-order valence-electron chi connectivity index (χ4n) is 4.93. The minimum absolute atomic E-state index is 0.0525. The summed E-state index contributed by atoms with van der Waals surface area (Å²) < 4.78 is 7.85. The van der Waals surface area contributed by atoms with Crippen molar-refractivity contribution in [2.75, 3.05) is 32.6 Å². The zero-order valence-corrected chi connectivity index (χ0v) is 21.4. The van der Waals surface area contributed by atoms with Gasteiger partial charge >= 0.3 is 5.97 Å². The summed E-state index contributed by atoms with van der Waals surface area (Å²) in [6, 6.07) is 17.8. The predicted molar refractivity (Wildman–Crippen MR) is 144 cm³/mol. The van der Waals surface area contributed by atoms with Gasteiger partial charge in [0.2, 0.25) is 0 Å². The van der Waals surface area contributed by atoms with Crippen LogP contribution in [0.1, 0.15) is 41.3 Å². The van der Waals surface area contributed by atoms with Gasteiger partial charge in [0.05, 0.1) is 30.8 Å². The molecule has 0 bridgehead atoms. The van der Waals surface area contributed by atoms with Gasteiger partial charge in [-0.3, -0.25) is 9.48 Å². The van der Waals surface area contributed by atoms with Gasteiger partial charge in [-0.1, -0.05) is 30.3 Å². The van der Waals surface area contributed by atoms with Crippen molar-refractivity contribution in [1.82, 2.24) is 19.7 Å². The third-order valence-electron chi connectivity index (χ3n) is 6.64. The zero-order valence-electron chi connectivity index (χ0n) is 21.4. The van der Waals surface area contributed by atoms with E-state index in [4.69, 9.17) is 9.72 Å². The van der Waals surface area contributed by atoms with Crippen LogP contribution < -0.4 is 10.1 Å². The molecule has 0 radical (unpaired) electrons. The van der Waals surface area contributed by atoms with E-state index < -0.39 is 12.0 Å². The topological polar surface area (TPSA) is 92.5 Å². The molecule has 3 heterocycles. The Labute approximate surface area is 216 Å². The highest BCUT2D eigenvalue weighted by atomic mass is 16.5. The molecule has 37 heavy (non-hydrogen) atoms. The summed E-state index contributed by atoms with van der Waals surface area (Å²) in [6.45, 7) is 2.28. The number of nitrogens with one attached hydrogen (secondary N) is 1. The maximum atomic E-state index is 11.8. The molecule has 1 aliphatic heterocycles. The molecule has 1 aliphatic rings. The van der Waals surface area contributed by atoms with Crippen molar-refractivity contribution in [2.45, 2.75) is 38.3 Å². The number of nitrogens with zero attached hydrogens (tertiary/aromatic N) is 4. The molecule has 2 aromatic heterocycles. The van der Waals surface area contributed by atoms with Crippen LogP contribution in [0, 0.1) is 0 Å². The molecular formula is C29H33N5O3. The summed E-state index contributed by atoms with van der Waals surface area (Å²) in [5, 5.41) is 18.5. The average Bonchev–Trinajstić information content (AvgIpc) is 3.30. The number of aliphatic carboxylic acids is 1. The van der Waals surface area contributed by atoms with E-state index in [2.05, 4.69) is 39.6 Å². The second-order valence-electron chi connectivity index (χ2n) is 9.85. The maximum Gasteiger partial charge on any atom is 0.305 e. The van der Waals surface area contributed by atoms with Crippen molar-refractivity contribution < 1.29 is 14.6 Å². The van der Waals surface area contributed by atoms with E-state index in [1.54, 1.807) is 6.20 Å². The molecule has 0 saturated carbocycles. The lowest BCUT2D eigenvalue weighted by Gasteiger charge is -2.19. The minimum atomic E-state index is -0.863. The number of rotatable bonds is 10. The second-order valence-corrected chi connectivity index (χ2v) is 9.85. The Hall–Kier alpha value is -3.91. The van der Waals surface area contributed by atoms with E-state index in [0.717, 1.165) is 71.6 Å². The Bertz CT molecular complexity index is 1400. The third kappa shape index (κ3) is 5.91. The van der Waals surface area contributed by atoms with Gasteiger partial charge in [-0.25, -0.2) is 4.98 Å². The number of aryl methyl sites for hydroxylation is 1. The number of hydrogen-bond acceptors (Lipinski definition) is 6. The maximum absolute atomic E-state index is 11.8. The Morgan fingerprint density at radius 1 is 1.19 bits per heavy atom. The molecule has 0 saturated heterocycles. The number of hydrogen-bond donors (Lipinski definition) is 2. The Morgan fingerprint density at radius 3 is 2.92 bits per heavy atom. The summed E-state index contributed by atoms with van der Waals surface area (Å²) in [7, 11) is 4.03. The standard InChI is InChI=1S/C29H33N5O3/c1-33(2)19-20-5-3-6-22(15-20)27(17-28(35)36)34-26-11-10-25(16-23(26)18-31-34)37-14-12-24-9-8-21-7-4-13-30-29(21)32-24/h3,5-6,8-11,15-16,18,27H,4,7,12-14,17,19H2,1-2H3,(H,30,32)(H,35,36). The Balaban J connectivity index is 1.32. The monoisotopic (exact) mass is 499 g/mol. The van der Waals surface area contributed by atoms with Crippen molar-refractivity contribution in [1.29, 1.82) is 0 Å². The molecule has 1 atom stereocenters. The Morgan fingerprint density at radius 2 is 2.08 bits per heavy atom. The lowest BCUT2D eigenvalue weighted by atomic mass is 10.0. The number of carboxylic acid groups (broad SMARTS) is 1. The van der Waals surface area contributed by atoms with Gasteiger partial charge in [0.1, 0.15) is 11.6 Å². The molecule has 2 N–H and O–H groups in total. The summed E-state index contributed by atoms with van der Waals surface area (Å²) in [5.41, 5.74) is 5.23. The van der Waals surface area contributed by atoms with Crippen LogP contribution in [0.4, 0.5) is 5.82 Å². The predicted octanol–water partition coefficient (Wildman–Crippen LogP) is 4.54. The third-order valence-corrected chi connectivity index (χ3v) is 6.64. The molecule has 4 aromatic rings. The molecule has 5 rings (SSSR count). The van der Waals surface area contributed by atoms with Crippen LogP contribution in [-0.2, 0) is 24.2 Å². The van der Waals surface area contributed by atoms with E-state index in [1.165, 1.54) is 5.56 Å². The van der Waals surface area contributed by atoms with Gasteiger partial charge in [0, 0.05) is 30.6 Å². The van der Waals surface area contributed by atoms with Crippen molar-refractivity contribution in [3.8, 4) is 5.75 Å². The summed E-state index contributed by atoms with van der Waals surface area (Å²) >= 11 is 0. The van der Waals surface area contributed by atoms with E-state index in [1.807, 2.05) is 49.1 Å². The first-order valence-corrected chi connectivity index (χ1v) is 12.7. The molecule has 0 spiro atoms. The van der Waals surface area contributed by atoms with Gasteiger partial charge in [-0.15, -0.1) is 0 Å². The molecular weight excluding hydrogens is 466 g/mol. The number of aromatic nitrogens is 3. The Kier molecular flexibility index (Phi) is 7.37. The number of anilines is 1. The number of carboxylic acids is 1. The van der Waals surface area contributed by atoms with Gasteiger partial charge in [0.25, 0.3) is 0 Å². The van der Waals surface area contributed by atoms with Crippen LogP contribution in [0.3, 0.4) is 0 Å². The molecule has 2 aromatic carbocycles. The van der Waals surface area contributed by atoms with Crippen molar-refractivity contribution in [2.24, 2.45) is 0 Å². The van der Waals surface area contributed by atoms with Gasteiger partial charge in [0.15, 0.2) is 0 Å². The molecule has 1 unspecified atom stereocenters. The molecule has 0 aliphatic carbocycles. The van der Waals surface area contributed by atoms with Gasteiger partial charge in [-0.2, -0.15) is 5.10 Å². The summed E-state index contributed by atoms with van der Waals surface area (Å²) in [4.78, 5) is 18.6. The lowest BCUT2D eigenvalue weighted by molar-refractivity contribution is -0.137. The lowest BCUT2D eigenvalue weighted by Crippen LogP contribution is -2.17. The number of benzene rings is 2. The quantitative estimate of drug-likeness (QED) is 0.331. The average molecular weight is 500 g/mol. The van der Waals surface area contributed by atoms with Crippen LogP contribution in [0.15, 0.2) is 60.8 Å². The van der Waals surface area contributed by atoms with Crippen LogP contribution >= 0.6 is 0 Å². The number of carbonyl (C=O) groups is 1. The molecule has 192 valence electrons. The first-order chi connectivity index (χ1) is 18.0. The SMILES string of the molecule is CN(C)Cc1cccc(C(CC(=O)O)n2ncc3cc(OCCc4ccc5c(n4)NCCC5)ccc32)c1. The van der Waals surface area contributed by atoms with Gasteiger partial charge < -0.3 is 20.1 Å². The summed E-state index contributed by atoms with van der Waals surface area (Å²) in [5.74, 6) is 0.893. The first-order valence-electron chi connectivity index (χ1n) is 12.7. The highest BCUT2D eigenvalue weighted by Gasteiger charge is 2.21. The second kappa shape index (κ2) is 11.0.